The van der Waals surface area contributed by atoms with Crippen molar-refractivity contribution in [3.05, 3.63) is 88.4 Å². The Labute approximate surface area is 160 Å². The van der Waals surface area contributed by atoms with Crippen LogP contribution in [-0.2, 0) is 0 Å². The first kappa shape index (κ1) is 19.2. The van der Waals surface area contributed by atoms with E-state index in [1.165, 1.54) is 33.4 Å². The number of fused-ring (bicyclic) bond motifs is 1. The van der Waals surface area contributed by atoms with Crippen LogP contribution in [0.15, 0.2) is 71.8 Å². The van der Waals surface area contributed by atoms with E-state index in [1.54, 1.807) is 0 Å². The highest BCUT2D eigenvalue weighted by Gasteiger charge is 2.27. The van der Waals surface area contributed by atoms with Gasteiger partial charge in [-0.1, -0.05) is 85.4 Å². The van der Waals surface area contributed by atoms with Gasteiger partial charge < -0.3 is 0 Å². The van der Waals surface area contributed by atoms with Crippen molar-refractivity contribution in [3.63, 3.8) is 0 Å². The summed E-state index contributed by atoms with van der Waals surface area (Å²) in [6.45, 7) is 16.5. The lowest BCUT2D eigenvalue weighted by Crippen LogP contribution is -1.91. The summed E-state index contributed by atoms with van der Waals surface area (Å²) in [5.41, 5.74) is 9.57. The molecule has 0 aromatic heterocycles. The van der Waals surface area contributed by atoms with Gasteiger partial charge in [-0.15, -0.1) is 0 Å². The molecule has 1 heteroatoms. The van der Waals surface area contributed by atoms with Crippen LogP contribution in [0.2, 0.25) is 0 Å². The maximum atomic E-state index is 4.34. The van der Waals surface area contributed by atoms with Crippen molar-refractivity contribution in [2.45, 2.75) is 27.7 Å². The molecule has 0 aliphatic heterocycles. The highest BCUT2D eigenvalue weighted by molar-refractivity contribution is 9.10. The molecule has 1 aliphatic rings. The predicted molar refractivity (Wildman–Crippen MR) is 117 cm³/mol. The lowest BCUT2D eigenvalue weighted by molar-refractivity contribution is 1.50. The standard InChI is InChI=1S/C22H19Br.C2H6/c1-5-17-14(4)22-19(7-3)20(12-13-21(22)18(17)6-2)15-8-10-16(23)11-9-15;1-2/h5-13H,3-4H2,1-2H3;1-2H3/b17-5-,18-6+;. The van der Waals surface area contributed by atoms with Crippen LogP contribution in [0.1, 0.15) is 44.4 Å². The zero-order chi connectivity index (χ0) is 18.6. The van der Waals surface area contributed by atoms with Crippen molar-refractivity contribution in [3.8, 4) is 11.1 Å². The van der Waals surface area contributed by atoms with Crippen molar-refractivity contribution < 1.29 is 0 Å². The number of benzene rings is 2. The van der Waals surface area contributed by atoms with E-state index in [2.05, 4.69) is 91.5 Å². The van der Waals surface area contributed by atoms with E-state index in [4.69, 9.17) is 0 Å². The fraction of sp³-hybridized carbons (Fsp3) is 0.167. The minimum Gasteiger partial charge on any atom is -0.0984 e. The first-order valence-corrected chi connectivity index (χ1v) is 9.50. The number of allylic oxidation sites excluding steroid dienone is 5. The van der Waals surface area contributed by atoms with E-state index in [0.29, 0.717) is 0 Å². The Kier molecular flexibility index (Phi) is 6.39. The summed E-state index contributed by atoms with van der Waals surface area (Å²) >= 11 is 3.50. The van der Waals surface area contributed by atoms with Gasteiger partial charge in [0.25, 0.3) is 0 Å². The number of halogens is 1. The molecule has 0 spiro atoms. The molecule has 0 unspecified atom stereocenters. The summed E-state index contributed by atoms with van der Waals surface area (Å²) in [6.07, 6.45) is 6.26. The molecule has 0 radical (unpaired) electrons. The topological polar surface area (TPSA) is 0 Å². The smallest absolute Gasteiger partial charge is 0.0175 e. The Morgan fingerprint density at radius 2 is 1.40 bits per heavy atom. The minimum atomic E-state index is 1.08. The SMILES string of the molecule is C=Cc1c(-c2ccc(Br)cc2)ccc2c1C(=C)C(=C/C)/C2=C\C.CC. The van der Waals surface area contributed by atoms with E-state index < -0.39 is 0 Å². The maximum Gasteiger partial charge on any atom is 0.0175 e. The van der Waals surface area contributed by atoms with Crippen molar-refractivity contribution in [2.75, 3.05) is 0 Å². The van der Waals surface area contributed by atoms with Crippen LogP contribution >= 0.6 is 15.9 Å². The molecule has 1 aliphatic carbocycles. The van der Waals surface area contributed by atoms with Gasteiger partial charge in [-0.2, -0.15) is 0 Å². The molecule has 25 heavy (non-hydrogen) atoms. The quantitative estimate of drug-likeness (QED) is 0.483. The minimum absolute atomic E-state index is 1.08. The Balaban J connectivity index is 0.00000109. The Morgan fingerprint density at radius 3 is 1.92 bits per heavy atom. The van der Waals surface area contributed by atoms with E-state index in [-0.39, 0.29) is 0 Å². The highest BCUT2D eigenvalue weighted by atomic mass is 79.9. The average molecular weight is 393 g/mol. The van der Waals surface area contributed by atoms with Gasteiger partial charge in [-0.05, 0) is 70.5 Å². The third kappa shape index (κ3) is 3.34. The summed E-state index contributed by atoms with van der Waals surface area (Å²) in [7, 11) is 0. The normalized spacial score (nSPS) is 15.8. The fourth-order valence-electron chi connectivity index (χ4n) is 3.35. The molecule has 0 atom stereocenters. The molecule has 3 rings (SSSR count). The highest BCUT2D eigenvalue weighted by Crippen LogP contribution is 2.48. The van der Waals surface area contributed by atoms with Crippen LogP contribution in [0.3, 0.4) is 0 Å². The van der Waals surface area contributed by atoms with Gasteiger partial charge in [0.05, 0.1) is 0 Å². The Hall–Kier alpha value is -2.12. The van der Waals surface area contributed by atoms with Crippen LogP contribution in [0.25, 0.3) is 28.3 Å². The lowest BCUT2D eigenvalue weighted by atomic mass is 9.91. The van der Waals surface area contributed by atoms with Crippen molar-refractivity contribution in [1.29, 1.82) is 0 Å². The van der Waals surface area contributed by atoms with Gasteiger partial charge in [0, 0.05) is 4.47 Å². The van der Waals surface area contributed by atoms with Crippen LogP contribution in [0.4, 0.5) is 0 Å². The van der Waals surface area contributed by atoms with Crippen molar-refractivity contribution >= 4 is 33.2 Å². The monoisotopic (exact) mass is 392 g/mol. The van der Waals surface area contributed by atoms with Gasteiger partial charge in [-0.3, -0.25) is 0 Å². The van der Waals surface area contributed by atoms with Crippen molar-refractivity contribution in [1.82, 2.24) is 0 Å². The second kappa shape index (κ2) is 8.31. The van der Waals surface area contributed by atoms with Crippen LogP contribution in [0, 0.1) is 0 Å². The molecule has 0 saturated carbocycles. The van der Waals surface area contributed by atoms with Crippen LogP contribution in [-0.4, -0.2) is 0 Å². The third-order valence-electron chi connectivity index (χ3n) is 4.39. The molecule has 0 amide bonds. The zero-order valence-electron chi connectivity index (χ0n) is 15.5. The number of hydrogen-bond donors (Lipinski definition) is 0. The van der Waals surface area contributed by atoms with Crippen LogP contribution < -0.4 is 0 Å². The molecular weight excluding hydrogens is 368 g/mol. The van der Waals surface area contributed by atoms with E-state index in [1.807, 2.05) is 19.9 Å². The van der Waals surface area contributed by atoms with E-state index >= 15 is 0 Å². The maximum absolute atomic E-state index is 4.34. The lowest BCUT2D eigenvalue weighted by Gasteiger charge is -2.12. The van der Waals surface area contributed by atoms with E-state index in [0.717, 1.165) is 15.6 Å². The van der Waals surface area contributed by atoms with Gasteiger partial charge in [-0.25, -0.2) is 0 Å². The molecule has 0 saturated heterocycles. The molecule has 128 valence electrons. The van der Waals surface area contributed by atoms with Crippen LogP contribution in [0.5, 0.6) is 0 Å². The second-order valence-electron chi connectivity index (χ2n) is 5.54. The molecule has 2 aromatic carbocycles. The third-order valence-corrected chi connectivity index (χ3v) is 4.92. The van der Waals surface area contributed by atoms with Crippen molar-refractivity contribution in [2.24, 2.45) is 0 Å². The largest absolute Gasteiger partial charge is 0.0984 e. The molecule has 0 heterocycles. The first-order valence-electron chi connectivity index (χ1n) is 8.70. The fourth-order valence-corrected chi connectivity index (χ4v) is 3.61. The summed E-state index contributed by atoms with van der Waals surface area (Å²) in [6, 6.07) is 12.8. The molecule has 0 N–H and O–H groups in total. The second-order valence-corrected chi connectivity index (χ2v) is 6.46. The molecular formula is C24H25Br. The summed E-state index contributed by atoms with van der Waals surface area (Å²) in [4.78, 5) is 0. The molecule has 0 bridgehead atoms. The summed E-state index contributed by atoms with van der Waals surface area (Å²) < 4.78 is 1.08. The number of rotatable bonds is 2. The number of hydrogen-bond acceptors (Lipinski definition) is 0. The predicted octanol–water partition coefficient (Wildman–Crippen LogP) is 8.16. The average Bonchev–Trinajstić information content (AvgIpc) is 2.94. The summed E-state index contributed by atoms with van der Waals surface area (Å²) in [5.74, 6) is 0. The Morgan fingerprint density at radius 1 is 0.840 bits per heavy atom. The zero-order valence-corrected chi connectivity index (χ0v) is 17.1. The molecule has 0 nitrogen and oxygen atoms in total. The Bertz CT molecular complexity index is 862. The van der Waals surface area contributed by atoms with Gasteiger partial charge in [0.15, 0.2) is 0 Å². The van der Waals surface area contributed by atoms with Gasteiger partial charge >= 0.3 is 0 Å². The molecule has 0 fully saturated rings. The van der Waals surface area contributed by atoms with Gasteiger partial charge in [0.1, 0.15) is 0 Å². The summed E-state index contributed by atoms with van der Waals surface area (Å²) in [5, 5.41) is 0. The first-order chi connectivity index (χ1) is 12.1. The molecule has 2 aromatic rings. The van der Waals surface area contributed by atoms with E-state index in [9.17, 15) is 0 Å². The van der Waals surface area contributed by atoms with Gasteiger partial charge in [0.2, 0.25) is 0 Å².